The van der Waals surface area contributed by atoms with E-state index in [1.165, 1.54) is 24.3 Å². The highest BCUT2D eigenvalue weighted by Crippen LogP contribution is 2.36. The van der Waals surface area contributed by atoms with Gasteiger partial charge in [0.15, 0.2) is 11.5 Å². The van der Waals surface area contributed by atoms with Gasteiger partial charge in [0.05, 0.1) is 0 Å². The lowest BCUT2D eigenvalue weighted by Gasteiger charge is -2.03. The zero-order valence-corrected chi connectivity index (χ0v) is 6.80. The number of allylic oxidation sites excluding steroid dienone is 4. The van der Waals surface area contributed by atoms with Crippen LogP contribution in [-0.2, 0) is 9.47 Å². The zero-order valence-electron chi connectivity index (χ0n) is 6.80. The van der Waals surface area contributed by atoms with Gasteiger partial charge in [0.25, 0.3) is 0 Å². The van der Waals surface area contributed by atoms with E-state index in [9.17, 15) is 8.78 Å². The lowest BCUT2D eigenvalue weighted by Crippen LogP contribution is -2.14. The Labute approximate surface area is 74.5 Å². The van der Waals surface area contributed by atoms with Crippen molar-refractivity contribution in [2.75, 3.05) is 0 Å². The summed E-state index contributed by atoms with van der Waals surface area (Å²) in [5.41, 5.74) is 0. The van der Waals surface area contributed by atoms with Crippen molar-refractivity contribution in [2.24, 2.45) is 0 Å². The highest BCUT2D eigenvalue weighted by molar-refractivity contribution is 5.29. The first kappa shape index (κ1) is 9.51. The van der Waals surface area contributed by atoms with Crippen LogP contribution in [0, 0.1) is 0 Å². The Kier molecular flexibility index (Phi) is 2.51. The molecule has 0 amide bonds. The van der Waals surface area contributed by atoms with Gasteiger partial charge in [-0.3, -0.25) is 0 Å². The second-order valence-corrected chi connectivity index (χ2v) is 2.20. The normalized spacial score (nSPS) is 25.4. The van der Waals surface area contributed by atoms with Crippen LogP contribution in [0.15, 0.2) is 49.0 Å². The van der Waals surface area contributed by atoms with Gasteiger partial charge in [-0.1, -0.05) is 25.3 Å². The van der Waals surface area contributed by atoms with Gasteiger partial charge < -0.3 is 9.47 Å². The van der Waals surface area contributed by atoms with Crippen LogP contribution in [0.2, 0.25) is 0 Å². The fraction of sp³-hybridized carbons (Fsp3) is 0.111. The van der Waals surface area contributed by atoms with Gasteiger partial charge in [-0.25, -0.2) is 0 Å². The minimum absolute atomic E-state index is 0.0556. The Morgan fingerprint density at radius 3 is 1.69 bits per heavy atom. The molecule has 0 aromatic rings. The molecule has 1 fully saturated rings. The molecular weight excluding hydrogens is 178 g/mol. The van der Waals surface area contributed by atoms with Crippen molar-refractivity contribution >= 4 is 0 Å². The van der Waals surface area contributed by atoms with Crippen molar-refractivity contribution in [3.05, 3.63) is 49.0 Å². The molecule has 0 aliphatic carbocycles. The van der Waals surface area contributed by atoms with Crippen LogP contribution in [0.4, 0.5) is 8.78 Å². The number of ether oxygens (including phenoxy) is 2. The lowest BCUT2D eigenvalue weighted by molar-refractivity contribution is -0.326. The van der Waals surface area contributed by atoms with Crippen LogP contribution in [-0.4, -0.2) is 6.29 Å². The molecule has 0 atom stereocenters. The van der Waals surface area contributed by atoms with E-state index in [1.807, 2.05) is 0 Å². The zero-order chi connectivity index (χ0) is 9.90. The fourth-order valence-corrected chi connectivity index (χ4v) is 0.824. The highest BCUT2D eigenvalue weighted by Gasteiger charge is 2.45. The van der Waals surface area contributed by atoms with Crippen molar-refractivity contribution < 1.29 is 18.3 Å². The average Bonchev–Trinajstić information content (AvgIpc) is 2.28. The monoisotopic (exact) mass is 186 g/mol. The topological polar surface area (TPSA) is 18.5 Å². The summed E-state index contributed by atoms with van der Waals surface area (Å²) in [6, 6.07) is 0. The summed E-state index contributed by atoms with van der Waals surface area (Å²) in [6.45, 7) is 6.71. The molecule has 1 aliphatic heterocycles. The predicted octanol–water partition coefficient (Wildman–Crippen LogP) is 2.72. The summed E-state index contributed by atoms with van der Waals surface area (Å²) in [6.07, 6.45) is 1.64. The minimum Gasteiger partial charge on any atom is -0.395 e. The molecule has 4 heteroatoms. The molecule has 0 saturated carbocycles. The van der Waals surface area contributed by atoms with E-state index in [0.717, 1.165) is 0 Å². The summed E-state index contributed by atoms with van der Waals surface area (Å²) in [4.78, 5) is 0. The van der Waals surface area contributed by atoms with Crippen LogP contribution < -0.4 is 0 Å². The van der Waals surface area contributed by atoms with Crippen LogP contribution >= 0.6 is 0 Å². The van der Waals surface area contributed by atoms with Crippen LogP contribution in [0.5, 0.6) is 0 Å². The Bertz CT molecular complexity index is 262. The number of rotatable bonds is 2. The van der Waals surface area contributed by atoms with Gasteiger partial charge in [0.1, 0.15) is 0 Å². The van der Waals surface area contributed by atoms with E-state index in [1.54, 1.807) is 0 Å². The Balaban J connectivity index is 2.96. The Morgan fingerprint density at radius 1 is 1.00 bits per heavy atom. The van der Waals surface area contributed by atoms with E-state index >= 15 is 0 Å². The van der Waals surface area contributed by atoms with E-state index < -0.39 is 6.29 Å². The molecule has 0 aromatic carbocycles. The van der Waals surface area contributed by atoms with Gasteiger partial charge in [-0.2, -0.15) is 0 Å². The molecule has 1 rings (SSSR count). The molecule has 0 radical (unpaired) electrons. The van der Waals surface area contributed by atoms with Crippen LogP contribution in [0.1, 0.15) is 0 Å². The fourth-order valence-electron chi connectivity index (χ4n) is 0.824. The second-order valence-electron chi connectivity index (χ2n) is 2.20. The molecule has 0 N–H and O–H groups in total. The minimum atomic E-state index is -3.59. The van der Waals surface area contributed by atoms with Crippen LogP contribution in [0.3, 0.4) is 0 Å². The maximum Gasteiger partial charge on any atom is 0.586 e. The molecule has 1 aliphatic rings. The van der Waals surface area contributed by atoms with Gasteiger partial charge in [0.2, 0.25) is 0 Å². The first-order valence-corrected chi connectivity index (χ1v) is 3.50. The molecule has 0 bridgehead atoms. The van der Waals surface area contributed by atoms with Gasteiger partial charge in [-0.15, -0.1) is 8.78 Å². The first-order valence-electron chi connectivity index (χ1n) is 3.50. The van der Waals surface area contributed by atoms with Crippen molar-refractivity contribution in [1.29, 1.82) is 0 Å². The van der Waals surface area contributed by atoms with Crippen molar-refractivity contribution in [1.82, 2.24) is 0 Å². The number of halogens is 2. The van der Waals surface area contributed by atoms with E-state index in [0.29, 0.717) is 0 Å². The summed E-state index contributed by atoms with van der Waals surface area (Å²) >= 11 is 0. The van der Waals surface area contributed by atoms with E-state index in [2.05, 4.69) is 22.6 Å². The first-order chi connectivity index (χ1) is 6.09. The van der Waals surface area contributed by atoms with Crippen molar-refractivity contribution in [3.63, 3.8) is 0 Å². The van der Waals surface area contributed by atoms with Gasteiger partial charge in [0, 0.05) is 0 Å². The van der Waals surface area contributed by atoms with Crippen molar-refractivity contribution in [3.8, 4) is 0 Å². The molecule has 0 spiro atoms. The summed E-state index contributed by atoms with van der Waals surface area (Å²) < 4.78 is 33.3. The summed E-state index contributed by atoms with van der Waals surface area (Å²) in [7, 11) is 0. The molecule has 70 valence electrons. The highest BCUT2D eigenvalue weighted by atomic mass is 19.3. The molecule has 2 nitrogen and oxygen atoms in total. The third-order valence-electron chi connectivity index (χ3n) is 1.24. The summed E-state index contributed by atoms with van der Waals surface area (Å²) in [5.74, 6) is -0.111. The Morgan fingerprint density at radius 2 is 1.38 bits per heavy atom. The third-order valence-corrected chi connectivity index (χ3v) is 1.24. The van der Waals surface area contributed by atoms with Crippen molar-refractivity contribution in [2.45, 2.75) is 6.29 Å². The van der Waals surface area contributed by atoms with Gasteiger partial charge >= 0.3 is 6.29 Å². The lowest BCUT2D eigenvalue weighted by atomic mass is 10.3. The molecule has 13 heavy (non-hydrogen) atoms. The number of hydrogen-bond acceptors (Lipinski definition) is 2. The molecule has 0 aromatic heterocycles. The van der Waals surface area contributed by atoms with Crippen LogP contribution in [0.25, 0.3) is 0 Å². The maximum atomic E-state index is 12.5. The molecule has 1 saturated heterocycles. The largest absolute Gasteiger partial charge is 0.586 e. The molecule has 0 unspecified atom stereocenters. The standard InChI is InChI=1S/C9H8F2O2/c1-3-5-7-8(6-4-2)13-9(10,11)12-7/h3-6H,1-2H2/b7-5+,8-6+. The number of alkyl halides is 2. The van der Waals surface area contributed by atoms with E-state index in [-0.39, 0.29) is 11.5 Å². The molecule has 1 heterocycles. The Hall–Kier alpha value is -1.58. The average molecular weight is 186 g/mol. The quantitative estimate of drug-likeness (QED) is 0.660. The smallest absolute Gasteiger partial charge is 0.395 e. The number of hydrogen-bond donors (Lipinski definition) is 0. The third kappa shape index (κ3) is 2.18. The van der Waals surface area contributed by atoms with E-state index in [4.69, 9.17) is 0 Å². The van der Waals surface area contributed by atoms with Gasteiger partial charge in [-0.05, 0) is 12.2 Å². The maximum absolute atomic E-state index is 12.5. The second kappa shape index (κ2) is 3.43. The molecular formula is C9H8F2O2. The SMILES string of the molecule is C=C/C=C1/OC(F)(F)O/C1=C/C=C. The predicted molar refractivity (Wildman–Crippen MR) is 43.7 cm³/mol. The summed E-state index contributed by atoms with van der Waals surface area (Å²) in [5, 5.41) is 0.